The fraction of sp³-hybridized carbons (Fsp3) is 0.200. The first-order valence-corrected chi connectivity index (χ1v) is 8.14. The summed E-state index contributed by atoms with van der Waals surface area (Å²) in [5.74, 6) is 0.857. The van der Waals surface area contributed by atoms with Crippen LogP contribution in [0.15, 0.2) is 57.7 Å². The third-order valence-corrected chi connectivity index (χ3v) is 3.99. The first-order chi connectivity index (χ1) is 12.6. The van der Waals surface area contributed by atoms with Gasteiger partial charge in [0.05, 0.1) is 19.6 Å². The normalized spacial score (nSPS) is 10.5. The highest BCUT2D eigenvalue weighted by Gasteiger charge is 2.12. The largest absolute Gasteiger partial charge is 0.497 e. The number of rotatable bonds is 6. The molecule has 0 atom stereocenters. The molecule has 0 unspecified atom stereocenters. The molecule has 0 aliphatic carbocycles. The van der Waals surface area contributed by atoms with Gasteiger partial charge in [0.1, 0.15) is 17.1 Å². The summed E-state index contributed by atoms with van der Waals surface area (Å²) < 4.78 is 15.9. The summed E-state index contributed by atoms with van der Waals surface area (Å²) in [5.41, 5.74) is 1.08. The van der Waals surface area contributed by atoms with Gasteiger partial charge in [0.15, 0.2) is 11.2 Å². The Morgan fingerprint density at radius 3 is 2.58 bits per heavy atom. The molecule has 1 N–H and O–H groups in total. The van der Waals surface area contributed by atoms with Gasteiger partial charge in [0.25, 0.3) is 5.91 Å². The van der Waals surface area contributed by atoms with E-state index in [1.165, 1.54) is 13.2 Å². The third kappa shape index (κ3) is 3.85. The number of carbonyl (C=O) groups excluding carboxylic acids is 1. The lowest BCUT2D eigenvalue weighted by Gasteiger charge is -2.07. The van der Waals surface area contributed by atoms with E-state index >= 15 is 0 Å². The van der Waals surface area contributed by atoms with Crippen LogP contribution >= 0.6 is 0 Å². The Hall–Kier alpha value is -3.28. The molecule has 0 fully saturated rings. The fourth-order valence-corrected chi connectivity index (χ4v) is 2.61. The molecule has 0 aliphatic rings. The van der Waals surface area contributed by atoms with Crippen LogP contribution in [-0.4, -0.2) is 26.7 Å². The van der Waals surface area contributed by atoms with Crippen LogP contribution in [0.3, 0.4) is 0 Å². The number of nitrogens with one attached hydrogen (secondary N) is 1. The molecule has 6 nitrogen and oxygen atoms in total. The molecule has 3 rings (SSSR count). The molecule has 6 heteroatoms. The average Bonchev–Trinajstić information content (AvgIpc) is 2.67. The summed E-state index contributed by atoms with van der Waals surface area (Å²) >= 11 is 0. The summed E-state index contributed by atoms with van der Waals surface area (Å²) in [6, 6.07) is 13.7. The minimum Gasteiger partial charge on any atom is -0.497 e. The van der Waals surface area contributed by atoms with Crippen LogP contribution in [0.4, 0.5) is 0 Å². The van der Waals surface area contributed by atoms with Gasteiger partial charge in [0.2, 0.25) is 0 Å². The molecule has 0 bridgehead atoms. The van der Waals surface area contributed by atoms with Crippen molar-refractivity contribution in [2.45, 2.75) is 6.42 Å². The first kappa shape index (κ1) is 17.5. The number of ether oxygens (including phenoxy) is 2. The summed E-state index contributed by atoms with van der Waals surface area (Å²) in [7, 11) is 3.13. The van der Waals surface area contributed by atoms with Crippen molar-refractivity contribution in [3.63, 3.8) is 0 Å². The minimum atomic E-state index is -0.435. The van der Waals surface area contributed by atoms with Crippen molar-refractivity contribution in [3.8, 4) is 11.5 Å². The standard InChI is InChI=1S/C20H19NO5/c1-24-14-5-3-4-13(10-14)8-9-21-20(23)19-12-17(22)16-7-6-15(25-2)11-18(16)26-19/h3-7,10-12H,8-9H2,1-2H3,(H,21,23). The lowest BCUT2D eigenvalue weighted by molar-refractivity contribution is 0.0927. The molecular weight excluding hydrogens is 334 g/mol. The SMILES string of the molecule is COc1cccc(CCNC(=O)c2cc(=O)c3ccc(OC)cc3o2)c1. The smallest absolute Gasteiger partial charge is 0.287 e. The van der Waals surface area contributed by atoms with Gasteiger partial charge in [0, 0.05) is 18.7 Å². The second-order valence-corrected chi connectivity index (χ2v) is 5.69. The zero-order chi connectivity index (χ0) is 18.5. The maximum atomic E-state index is 12.3. The molecule has 3 aromatic rings. The van der Waals surface area contributed by atoms with E-state index in [4.69, 9.17) is 13.9 Å². The zero-order valence-electron chi connectivity index (χ0n) is 14.6. The third-order valence-electron chi connectivity index (χ3n) is 3.99. The first-order valence-electron chi connectivity index (χ1n) is 8.14. The van der Waals surface area contributed by atoms with E-state index in [9.17, 15) is 9.59 Å². The van der Waals surface area contributed by atoms with Crippen LogP contribution in [0.5, 0.6) is 11.5 Å². The molecule has 0 saturated heterocycles. The minimum absolute atomic E-state index is 0.0265. The Morgan fingerprint density at radius 1 is 1.04 bits per heavy atom. The van der Waals surface area contributed by atoms with Gasteiger partial charge in [-0.25, -0.2) is 0 Å². The predicted octanol–water partition coefficient (Wildman–Crippen LogP) is 2.78. The van der Waals surface area contributed by atoms with Gasteiger partial charge in [-0.3, -0.25) is 9.59 Å². The molecule has 0 radical (unpaired) electrons. The highest BCUT2D eigenvalue weighted by Crippen LogP contribution is 2.19. The van der Waals surface area contributed by atoms with Crippen LogP contribution < -0.4 is 20.2 Å². The summed E-state index contributed by atoms with van der Waals surface area (Å²) in [5, 5.41) is 3.16. The van der Waals surface area contributed by atoms with Gasteiger partial charge in [-0.05, 0) is 36.2 Å². The number of fused-ring (bicyclic) bond motifs is 1. The maximum absolute atomic E-state index is 12.3. The van der Waals surface area contributed by atoms with E-state index in [1.54, 1.807) is 25.3 Å². The Kier molecular flexibility index (Phi) is 5.22. The topological polar surface area (TPSA) is 77.8 Å². The van der Waals surface area contributed by atoms with Crippen molar-refractivity contribution in [1.29, 1.82) is 0 Å². The Labute approximate surface area is 150 Å². The highest BCUT2D eigenvalue weighted by molar-refractivity contribution is 5.93. The van der Waals surface area contributed by atoms with Crippen LogP contribution in [-0.2, 0) is 6.42 Å². The second-order valence-electron chi connectivity index (χ2n) is 5.69. The Bertz CT molecular complexity index is 993. The maximum Gasteiger partial charge on any atom is 0.287 e. The van der Waals surface area contributed by atoms with Crippen LogP contribution in [0.2, 0.25) is 0 Å². The molecule has 1 heterocycles. The molecule has 0 spiro atoms. The van der Waals surface area contributed by atoms with Crippen molar-refractivity contribution in [2.75, 3.05) is 20.8 Å². The number of benzene rings is 2. The van der Waals surface area contributed by atoms with Gasteiger partial charge < -0.3 is 19.2 Å². The lowest BCUT2D eigenvalue weighted by Crippen LogP contribution is -2.26. The molecular formula is C20H19NO5. The quantitative estimate of drug-likeness (QED) is 0.737. The van der Waals surface area contributed by atoms with E-state index in [1.807, 2.05) is 24.3 Å². The molecule has 26 heavy (non-hydrogen) atoms. The number of hydrogen-bond donors (Lipinski definition) is 1. The summed E-state index contributed by atoms with van der Waals surface area (Å²) in [6.07, 6.45) is 0.634. The highest BCUT2D eigenvalue weighted by atomic mass is 16.5. The molecule has 1 aromatic heterocycles. The van der Waals surface area contributed by atoms with Gasteiger partial charge in [-0.1, -0.05) is 12.1 Å². The van der Waals surface area contributed by atoms with Crippen LogP contribution in [0, 0.1) is 0 Å². The molecule has 2 aromatic carbocycles. The van der Waals surface area contributed by atoms with E-state index in [0.717, 1.165) is 11.3 Å². The van der Waals surface area contributed by atoms with Crippen molar-refractivity contribution < 1.29 is 18.7 Å². The van der Waals surface area contributed by atoms with E-state index in [2.05, 4.69) is 5.32 Å². The van der Waals surface area contributed by atoms with Gasteiger partial charge in [-0.15, -0.1) is 0 Å². The molecule has 0 saturated carbocycles. The van der Waals surface area contributed by atoms with E-state index in [-0.39, 0.29) is 11.2 Å². The number of amides is 1. The second kappa shape index (κ2) is 7.74. The Balaban J connectivity index is 1.72. The van der Waals surface area contributed by atoms with Crippen molar-refractivity contribution in [3.05, 3.63) is 70.1 Å². The van der Waals surface area contributed by atoms with Crippen molar-refractivity contribution in [2.24, 2.45) is 0 Å². The van der Waals surface area contributed by atoms with E-state index in [0.29, 0.717) is 29.7 Å². The molecule has 134 valence electrons. The lowest BCUT2D eigenvalue weighted by atomic mass is 10.1. The number of carbonyl (C=O) groups is 1. The molecule has 0 aliphatic heterocycles. The van der Waals surface area contributed by atoms with Crippen LogP contribution in [0.1, 0.15) is 16.1 Å². The molecule has 1 amide bonds. The van der Waals surface area contributed by atoms with E-state index < -0.39 is 5.91 Å². The zero-order valence-corrected chi connectivity index (χ0v) is 14.6. The number of methoxy groups -OCH3 is 2. The van der Waals surface area contributed by atoms with Crippen molar-refractivity contribution in [1.82, 2.24) is 5.32 Å². The summed E-state index contributed by atoms with van der Waals surface area (Å²) in [6.45, 7) is 0.409. The van der Waals surface area contributed by atoms with Gasteiger partial charge >= 0.3 is 0 Å². The summed E-state index contributed by atoms with van der Waals surface area (Å²) in [4.78, 5) is 24.5. The predicted molar refractivity (Wildman–Crippen MR) is 98.1 cm³/mol. The average molecular weight is 353 g/mol. The number of hydrogen-bond acceptors (Lipinski definition) is 5. The van der Waals surface area contributed by atoms with Crippen molar-refractivity contribution >= 4 is 16.9 Å². The van der Waals surface area contributed by atoms with Crippen LogP contribution in [0.25, 0.3) is 11.0 Å². The monoisotopic (exact) mass is 353 g/mol. The van der Waals surface area contributed by atoms with Gasteiger partial charge in [-0.2, -0.15) is 0 Å². The Morgan fingerprint density at radius 2 is 1.81 bits per heavy atom. The fourth-order valence-electron chi connectivity index (χ4n) is 2.61.